The van der Waals surface area contributed by atoms with E-state index >= 15 is 0 Å². The molecule has 176 valence electrons. The van der Waals surface area contributed by atoms with Crippen molar-refractivity contribution >= 4 is 27.5 Å². The number of thiophene rings is 1. The first-order valence-electron chi connectivity index (χ1n) is 11.6. The lowest BCUT2D eigenvalue weighted by Gasteiger charge is -2.28. The average molecular weight is 478 g/mol. The van der Waals surface area contributed by atoms with Gasteiger partial charge >= 0.3 is 5.69 Å². The molecule has 0 spiro atoms. The lowest BCUT2D eigenvalue weighted by Crippen LogP contribution is -2.42. The topological polar surface area (TPSA) is 86.2 Å². The average Bonchev–Trinajstić information content (AvgIpc) is 3.57. The van der Waals surface area contributed by atoms with Gasteiger partial charge in [0, 0.05) is 12.5 Å². The Labute approximate surface area is 200 Å². The van der Waals surface area contributed by atoms with Crippen molar-refractivity contribution in [2.75, 3.05) is 0 Å². The second-order valence-electron chi connectivity index (χ2n) is 8.92. The number of carbonyl (C=O) groups is 1. The Morgan fingerprint density at radius 3 is 2.53 bits per heavy atom. The normalized spacial score (nSPS) is 18.2. The molecule has 5 rings (SSSR count). The van der Waals surface area contributed by atoms with Gasteiger partial charge in [0.15, 0.2) is 0 Å². The first kappa shape index (κ1) is 22.4. The highest BCUT2D eigenvalue weighted by Crippen LogP contribution is 2.30. The van der Waals surface area contributed by atoms with Crippen molar-refractivity contribution in [1.82, 2.24) is 14.5 Å². The third-order valence-electron chi connectivity index (χ3n) is 6.70. The molecular formula is C26H27N3O4S. The molecule has 1 N–H and O–H groups in total. The molecule has 1 amide bonds. The van der Waals surface area contributed by atoms with Crippen LogP contribution in [0.1, 0.15) is 37.0 Å². The van der Waals surface area contributed by atoms with E-state index in [1.54, 1.807) is 16.9 Å². The van der Waals surface area contributed by atoms with Crippen molar-refractivity contribution in [2.45, 2.75) is 45.3 Å². The number of rotatable bonds is 7. The molecule has 1 aromatic carbocycles. The fourth-order valence-electron chi connectivity index (χ4n) is 4.81. The number of nitrogens with zero attached hydrogens (tertiary/aromatic N) is 2. The van der Waals surface area contributed by atoms with Gasteiger partial charge in [-0.1, -0.05) is 30.3 Å². The van der Waals surface area contributed by atoms with Crippen LogP contribution >= 0.6 is 11.3 Å². The van der Waals surface area contributed by atoms with Crippen molar-refractivity contribution in [3.05, 3.63) is 92.3 Å². The number of fused-ring (bicyclic) bond motifs is 1. The Balaban J connectivity index is 1.29. The van der Waals surface area contributed by atoms with E-state index in [-0.39, 0.29) is 29.0 Å². The molecule has 4 aromatic rings. The molecule has 1 aliphatic rings. The van der Waals surface area contributed by atoms with Gasteiger partial charge in [-0.15, -0.1) is 11.3 Å². The van der Waals surface area contributed by atoms with Crippen LogP contribution in [-0.2, 0) is 24.4 Å². The standard InChI is InChI=1S/C26H27N3O4S/c30-24(27-15-21-7-4-13-33-21)20-10-8-19(9-11-20)17-29-25(31)23-22(12-14-34-23)28(26(29)32)16-18-5-2-1-3-6-18/h1-7,12-14,19-20H,8-11,15-17H2,(H,27,30). The molecule has 0 radical (unpaired) electrons. The molecule has 1 saturated carbocycles. The van der Waals surface area contributed by atoms with E-state index in [2.05, 4.69) is 5.32 Å². The van der Waals surface area contributed by atoms with Gasteiger partial charge in [0.2, 0.25) is 5.91 Å². The van der Waals surface area contributed by atoms with Gasteiger partial charge in [0.1, 0.15) is 10.5 Å². The quantitative estimate of drug-likeness (QED) is 0.436. The molecule has 0 aliphatic heterocycles. The number of carbonyl (C=O) groups excluding carboxylic acids is 1. The molecule has 3 heterocycles. The molecule has 0 saturated heterocycles. The zero-order chi connectivity index (χ0) is 23.5. The highest BCUT2D eigenvalue weighted by atomic mass is 32.1. The highest BCUT2D eigenvalue weighted by Gasteiger charge is 2.27. The van der Waals surface area contributed by atoms with E-state index < -0.39 is 0 Å². The largest absolute Gasteiger partial charge is 0.467 e. The lowest BCUT2D eigenvalue weighted by atomic mass is 9.81. The minimum Gasteiger partial charge on any atom is -0.467 e. The predicted molar refractivity (Wildman–Crippen MR) is 132 cm³/mol. The first-order valence-corrected chi connectivity index (χ1v) is 12.5. The van der Waals surface area contributed by atoms with E-state index in [1.165, 1.54) is 15.9 Å². The molecule has 0 unspecified atom stereocenters. The maximum Gasteiger partial charge on any atom is 0.331 e. The number of hydrogen-bond acceptors (Lipinski definition) is 5. The summed E-state index contributed by atoms with van der Waals surface area (Å²) >= 11 is 1.38. The van der Waals surface area contributed by atoms with Gasteiger partial charge in [-0.05, 0) is 60.7 Å². The zero-order valence-electron chi connectivity index (χ0n) is 18.8. The summed E-state index contributed by atoms with van der Waals surface area (Å²) in [6, 6.07) is 15.3. The predicted octanol–water partition coefficient (Wildman–Crippen LogP) is 3.99. The molecular weight excluding hydrogens is 450 g/mol. The van der Waals surface area contributed by atoms with Crippen molar-refractivity contribution in [1.29, 1.82) is 0 Å². The van der Waals surface area contributed by atoms with E-state index in [4.69, 9.17) is 4.42 Å². The smallest absolute Gasteiger partial charge is 0.331 e. The van der Waals surface area contributed by atoms with Crippen LogP contribution in [0.2, 0.25) is 0 Å². The van der Waals surface area contributed by atoms with Crippen molar-refractivity contribution < 1.29 is 9.21 Å². The SMILES string of the molecule is O=C(NCc1ccco1)C1CCC(Cn2c(=O)c3sccc3n(Cc3ccccc3)c2=O)CC1. The van der Waals surface area contributed by atoms with E-state index in [0.29, 0.717) is 29.9 Å². The van der Waals surface area contributed by atoms with Gasteiger partial charge in [-0.2, -0.15) is 0 Å². The van der Waals surface area contributed by atoms with E-state index in [9.17, 15) is 14.4 Å². The summed E-state index contributed by atoms with van der Waals surface area (Å²) in [5.41, 5.74) is 1.23. The number of amides is 1. The summed E-state index contributed by atoms with van der Waals surface area (Å²) in [5.74, 6) is 0.925. The van der Waals surface area contributed by atoms with Crippen LogP contribution in [-0.4, -0.2) is 15.0 Å². The maximum atomic E-state index is 13.4. The fraction of sp³-hybridized carbons (Fsp3) is 0.346. The number of hydrogen-bond donors (Lipinski definition) is 1. The van der Waals surface area contributed by atoms with Crippen molar-refractivity contribution in [2.24, 2.45) is 11.8 Å². The lowest BCUT2D eigenvalue weighted by molar-refractivity contribution is -0.126. The number of benzene rings is 1. The summed E-state index contributed by atoms with van der Waals surface area (Å²) < 4.78 is 8.99. The Morgan fingerprint density at radius 2 is 1.79 bits per heavy atom. The number of nitrogens with one attached hydrogen (secondary N) is 1. The third kappa shape index (κ3) is 4.63. The Hall–Kier alpha value is -3.39. The maximum absolute atomic E-state index is 13.4. The summed E-state index contributed by atoms with van der Waals surface area (Å²) in [6.07, 6.45) is 4.72. The van der Waals surface area contributed by atoms with Crippen molar-refractivity contribution in [3.8, 4) is 0 Å². The van der Waals surface area contributed by atoms with E-state index in [0.717, 1.165) is 37.0 Å². The number of furan rings is 1. The highest BCUT2D eigenvalue weighted by molar-refractivity contribution is 7.17. The van der Waals surface area contributed by atoms with Crippen LogP contribution in [0.4, 0.5) is 0 Å². The van der Waals surface area contributed by atoms with Gasteiger partial charge in [-0.25, -0.2) is 4.79 Å². The Morgan fingerprint density at radius 1 is 1.00 bits per heavy atom. The summed E-state index contributed by atoms with van der Waals surface area (Å²) in [4.78, 5) is 39.1. The van der Waals surface area contributed by atoms with Crippen LogP contribution in [0.5, 0.6) is 0 Å². The Kier molecular flexibility index (Phi) is 6.49. The zero-order valence-corrected chi connectivity index (χ0v) is 19.6. The van der Waals surface area contributed by atoms with Crippen LogP contribution in [0.25, 0.3) is 10.2 Å². The molecule has 34 heavy (non-hydrogen) atoms. The summed E-state index contributed by atoms with van der Waals surface area (Å²) in [5, 5.41) is 4.81. The fourth-order valence-corrected chi connectivity index (χ4v) is 5.65. The molecule has 7 nitrogen and oxygen atoms in total. The summed E-state index contributed by atoms with van der Waals surface area (Å²) in [6.45, 7) is 1.21. The second-order valence-corrected chi connectivity index (χ2v) is 9.84. The Bertz CT molecular complexity index is 1380. The molecule has 0 bridgehead atoms. The van der Waals surface area contributed by atoms with Gasteiger partial charge in [-0.3, -0.25) is 18.7 Å². The second kappa shape index (κ2) is 9.85. The first-order chi connectivity index (χ1) is 16.6. The minimum atomic E-state index is -0.266. The van der Waals surface area contributed by atoms with Crippen LogP contribution in [0, 0.1) is 11.8 Å². The van der Waals surface area contributed by atoms with Gasteiger partial charge < -0.3 is 9.73 Å². The van der Waals surface area contributed by atoms with Gasteiger partial charge in [0.25, 0.3) is 5.56 Å². The monoisotopic (exact) mass is 477 g/mol. The molecule has 0 atom stereocenters. The minimum absolute atomic E-state index is 0.0391. The number of aromatic nitrogens is 2. The summed E-state index contributed by atoms with van der Waals surface area (Å²) in [7, 11) is 0. The molecule has 3 aromatic heterocycles. The van der Waals surface area contributed by atoms with E-state index in [1.807, 2.05) is 47.8 Å². The van der Waals surface area contributed by atoms with Crippen LogP contribution in [0.15, 0.2) is 74.2 Å². The molecule has 1 fully saturated rings. The van der Waals surface area contributed by atoms with Crippen LogP contribution < -0.4 is 16.6 Å². The van der Waals surface area contributed by atoms with Crippen molar-refractivity contribution in [3.63, 3.8) is 0 Å². The third-order valence-corrected chi connectivity index (χ3v) is 7.59. The molecule has 1 aliphatic carbocycles. The van der Waals surface area contributed by atoms with Gasteiger partial charge in [0.05, 0.1) is 24.9 Å². The molecule has 8 heteroatoms. The van der Waals surface area contributed by atoms with Crippen LogP contribution in [0.3, 0.4) is 0 Å².